The molecule has 2 nitrogen and oxygen atoms in total. The second kappa shape index (κ2) is 5.77. The fraction of sp³-hybridized carbons (Fsp3) is 0.588. The van der Waals surface area contributed by atoms with Gasteiger partial charge in [-0.05, 0) is 37.3 Å². The summed E-state index contributed by atoms with van der Waals surface area (Å²) in [5, 5.41) is 0. The van der Waals surface area contributed by atoms with Gasteiger partial charge in [0.1, 0.15) is 0 Å². The van der Waals surface area contributed by atoms with E-state index in [4.69, 9.17) is 16.3 Å². The van der Waals surface area contributed by atoms with Gasteiger partial charge in [-0.2, -0.15) is 0 Å². The van der Waals surface area contributed by atoms with Crippen LogP contribution in [0.5, 0.6) is 0 Å². The van der Waals surface area contributed by atoms with Gasteiger partial charge in [-0.25, -0.2) is 4.79 Å². The molecule has 1 aliphatic rings. The first kappa shape index (κ1) is 15.4. The van der Waals surface area contributed by atoms with Gasteiger partial charge in [0.2, 0.25) is 0 Å². The molecule has 0 radical (unpaired) electrons. The normalized spacial score (nSPS) is 28.9. The van der Waals surface area contributed by atoms with Gasteiger partial charge in [0.25, 0.3) is 0 Å². The molecule has 0 aromatic heterocycles. The summed E-state index contributed by atoms with van der Waals surface area (Å²) in [7, 11) is 0. The van der Waals surface area contributed by atoms with Crippen LogP contribution >= 0.6 is 11.6 Å². The summed E-state index contributed by atoms with van der Waals surface area (Å²) >= 11 is 6.66. The minimum atomic E-state index is -0.293. The van der Waals surface area contributed by atoms with E-state index in [1.54, 1.807) is 12.1 Å². The molecule has 110 valence electrons. The van der Waals surface area contributed by atoms with Crippen LogP contribution in [0.4, 0.5) is 0 Å². The molecule has 1 fully saturated rings. The number of alkyl halides is 1. The number of ether oxygens (including phenoxy) is 1. The second-order valence-electron chi connectivity index (χ2n) is 6.64. The van der Waals surface area contributed by atoms with Gasteiger partial charge in [0, 0.05) is 10.8 Å². The molecular formula is C17H23ClO2. The van der Waals surface area contributed by atoms with E-state index < -0.39 is 0 Å². The van der Waals surface area contributed by atoms with Crippen molar-refractivity contribution in [2.75, 3.05) is 6.61 Å². The Labute approximate surface area is 126 Å². The maximum atomic E-state index is 12.0. The van der Waals surface area contributed by atoms with Crippen molar-refractivity contribution in [3.05, 3.63) is 35.9 Å². The molecule has 0 aliphatic heterocycles. The number of hydrogen-bond donors (Lipinski definition) is 0. The van der Waals surface area contributed by atoms with Crippen molar-refractivity contribution in [2.45, 2.75) is 44.9 Å². The van der Waals surface area contributed by atoms with Gasteiger partial charge in [0.15, 0.2) is 0 Å². The predicted molar refractivity (Wildman–Crippen MR) is 82.1 cm³/mol. The molecule has 1 aromatic carbocycles. The monoisotopic (exact) mass is 294 g/mol. The number of carbonyl (C=O) groups is 1. The Hall–Kier alpha value is -1.02. The van der Waals surface area contributed by atoms with E-state index in [1.165, 1.54) is 0 Å². The van der Waals surface area contributed by atoms with Crippen LogP contribution < -0.4 is 0 Å². The standard InChI is InChI=1S/C17H23ClO2/c1-16(2)10-7-11-17(3,18)14(16)12-20-15(19)13-8-5-4-6-9-13/h4-6,8-9,14H,7,10-12H2,1-3H3. The van der Waals surface area contributed by atoms with Crippen molar-refractivity contribution in [1.82, 2.24) is 0 Å². The zero-order chi connectivity index (χ0) is 14.8. The SMILES string of the molecule is CC1(C)CCCC(C)(Cl)C1COC(=O)c1ccccc1. The molecule has 20 heavy (non-hydrogen) atoms. The molecule has 2 atom stereocenters. The summed E-state index contributed by atoms with van der Waals surface area (Å²) in [6, 6.07) is 9.11. The van der Waals surface area contributed by atoms with Crippen molar-refractivity contribution in [3.63, 3.8) is 0 Å². The van der Waals surface area contributed by atoms with Gasteiger partial charge in [-0.15, -0.1) is 11.6 Å². The van der Waals surface area contributed by atoms with E-state index in [0.717, 1.165) is 19.3 Å². The Balaban J connectivity index is 2.03. The Morgan fingerprint density at radius 1 is 1.25 bits per heavy atom. The summed E-state index contributed by atoms with van der Waals surface area (Å²) < 4.78 is 5.52. The average molecular weight is 295 g/mol. The first-order valence-corrected chi connectivity index (χ1v) is 7.62. The van der Waals surface area contributed by atoms with Crippen molar-refractivity contribution in [1.29, 1.82) is 0 Å². The van der Waals surface area contributed by atoms with E-state index in [-0.39, 0.29) is 22.2 Å². The first-order valence-electron chi connectivity index (χ1n) is 7.24. The third kappa shape index (κ3) is 3.35. The number of esters is 1. The van der Waals surface area contributed by atoms with Crippen molar-refractivity contribution < 1.29 is 9.53 Å². The maximum absolute atomic E-state index is 12.0. The van der Waals surface area contributed by atoms with Crippen LogP contribution in [0.2, 0.25) is 0 Å². The second-order valence-corrected chi connectivity index (χ2v) is 7.50. The summed E-state index contributed by atoms with van der Waals surface area (Å²) in [6.07, 6.45) is 3.24. The Morgan fingerprint density at radius 2 is 1.90 bits per heavy atom. The Morgan fingerprint density at radius 3 is 2.50 bits per heavy atom. The minimum Gasteiger partial charge on any atom is -0.462 e. The topological polar surface area (TPSA) is 26.3 Å². The third-order valence-corrected chi connectivity index (χ3v) is 5.00. The lowest BCUT2D eigenvalue weighted by molar-refractivity contribution is 0.00876. The van der Waals surface area contributed by atoms with Crippen LogP contribution in [-0.2, 0) is 4.74 Å². The zero-order valence-corrected chi connectivity index (χ0v) is 13.2. The van der Waals surface area contributed by atoms with Crippen LogP contribution in [0.15, 0.2) is 30.3 Å². The van der Waals surface area contributed by atoms with Gasteiger partial charge in [0.05, 0.1) is 12.2 Å². The van der Waals surface area contributed by atoms with E-state index in [9.17, 15) is 4.79 Å². The Kier molecular flexibility index (Phi) is 4.43. The van der Waals surface area contributed by atoms with Crippen molar-refractivity contribution >= 4 is 17.6 Å². The van der Waals surface area contributed by atoms with Gasteiger partial charge in [-0.3, -0.25) is 0 Å². The molecule has 0 bridgehead atoms. The first-order chi connectivity index (χ1) is 9.33. The highest BCUT2D eigenvalue weighted by atomic mass is 35.5. The molecule has 1 saturated carbocycles. The maximum Gasteiger partial charge on any atom is 0.338 e. The summed E-state index contributed by atoms with van der Waals surface area (Å²) in [6.45, 7) is 6.89. The molecule has 1 aliphatic carbocycles. The number of hydrogen-bond acceptors (Lipinski definition) is 2. The highest BCUT2D eigenvalue weighted by Crippen LogP contribution is 2.49. The van der Waals surface area contributed by atoms with Crippen LogP contribution in [0, 0.1) is 11.3 Å². The van der Waals surface area contributed by atoms with E-state index in [0.29, 0.717) is 12.2 Å². The number of rotatable bonds is 3. The van der Waals surface area contributed by atoms with E-state index >= 15 is 0 Å². The summed E-state index contributed by atoms with van der Waals surface area (Å²) in [4.78, 5) is 11.8. The molecule has 2 unspecified atom stereocenters. The van der Waals surface area contributed by atoms with Crippen LogP contribution in [0.25, 0.3) is 0 Å². The van der Waals surface area contributed by atoms with Gasteiger partial charge in [-0.1, -0.05) is 38.5 Å². The highest BCUT2D eigenvalue weighted by molar-refractivity contribution is 6.24. The number of carbonyl (C=O) groups excluding carboxylic acids is 1. The summed E-state index contributed by atoms with van der Waals surface area (Å²) in [5.41, 5.74) is 0.698. The molecule has 3 heteroatoms. The van der Waals surface area contributed by atoms with Crippen molar-refractivity contribution in [2.24, 2.45) is 11.3 Å². The third-order valence-electron chi connectivity index (χ3n) is 4.55. The smallest absolute Gasteiger partial charge is 0.338 e. The quantitative estimate of drug-likeness (QED) is 0.598. The minimum absolute atomic E-state index is 0.103. The lowest BCUT2D eigenvalue weighted by Gasteiger charge is -2.47. The molecule has 0 saturated heterocycles. The molecule has 0 spiro atoms. The molecule has 0 N–H and O–H groups in total. The molecular weight excluding hydrogens is 272 g/mol. The number of halogens is 1. The van der Waals surface area contributed by atoms with E-state index in [2.05, 4.69) is 20.8 Å². The van der Waals surface area contributed by atoms with Gasteiger partial charge < -0.3 is 4.74 Å². The molecule has 1 aromatic rings. The lowest BCUT2D eigenvalue weighted by Crippen LogP contribution is -2.46. The van der Waals surface area contributed by atoms with Crippen molar-refractivity contribution in [3.8, 4) is 0 Å². The fourth-order valence-corrected chi connectivity index (χ4v) is 3.76. The predicted octanol–water partition coefficient (Wildman–Crippen LogP) is 4.67. The molecule has 2 rings (SSSR count). The highest BCUT2D eigenvalue weighted by Gasteiger charge is 2.46. The van der Waals surface area contributed by atoms with Gasteiger partial charge >= 0.3 is 5.97 Å². The summed E-state index contributed by atoms with van der Waals surface area (Å²) in [5.74, 6) is -0.0856. The lowest BCUT2D eigenvalue weighted by atomic mass is 9.64. The van der Waals surface area contributed by atoms with Crippen LogP contribution in [0.1, 0.15) is 50.4 Å². The van der Waals surface area contributed by atoms with E-state index in [1.807, 2.05) is 18.2 Å². The van der Waals surface area contributed by atoms with Crippen LogP contribution in [-0.4, -0.2) is 17.5 Å². The Bertz CT molecular complexity index is 449. The zero-order valence-electron chi connectivity index (χ0n) is 12.5. The molecule has 0 heterocycles. The fourth-order valence-electron chi connectivity index (χ4n) is 3.27. The largest absolute Gasteiger partial charge is 0.462 e. The molecule has 0 amide bonds. The van der Waals surface area contributed by atoms with Crippen LogP contribution in [0.3, 0.4) is 0 Å². The number of benzene rings is 1. The average Bonchev–Trinajstić information content (AvgIpc) is 2.37.